The van der Waals surface area contributed by atoms with Gasteiger partial charge in [0.15, 0.2) is 0 Å². The molecular formula is C17H21ClN2O. The van der Waals surface area contributed by atoms with Gasteiger partial charge in [0.05, 0.1) is 16.4 Å². The van der Waals surface area contributed by atoms with E-state index in [2.05, 4.69) is 36.3 Å². The molecule has 0 saturated carbocycles. The van der Waals surface area contributed by atoms with E-state index in [0.29, 0.717) is 17.9 Å². The summed E-state index contributed by atoms with van der Waals surface area (Å²) in [5.41, 5.74) is 4.11. The molecule has 0 fully saturated rings. The van der Waals surface area contributed by atoms with Crippen LogP contribution in [0.5, 0.6) is 0 Å². The SMILES string of the molecule is CCc1nn(C)c(CC(=O)CCc2ccc(C)cc2)c1Cl. The van der Waals surface area contributed by atoms with Gasteiger partial charge in [-0.25, -0.2) is 0 Å². The maximum Gasteiger partial charge on any atom is 0.139 e. The summed E-state index contributed by atoms with van der Waals surface area (Å²) in [6.07, 6.45) is 2.44. The molecule has 0 saturated heterocycles. The highest BCUT2D eigenvalue weighted by Gasteiger charge is 2.16. The van der Waals surface area contributed by atoms with Crippen molar-refractivity contribution in [1.29, 1.82) is 0 Å². The number of nitrogens with zero attached hydrogens (tertiary/aromatic N) is 2. The molecular weight excluding hydrogens is 284 g/mol. The van der Waals surface area contributed by atoms with Crippen LogP contribution in [0, 0.1) is 6.92 Å². The zero-order valence-electron chi connectivity index (χ0n) is 12.8. The van der Waals surface area contributed by atoms with Gasteiger partial charge in [-0.2, -0.15) is 5.10 Å². The first kappa shape index (κ1) is 15.8. The Morgan fingerprint density at radius 1 is 1.29 bits per heavy atom. The summed E-state index contributed by atoms with van der Waals surface area (Å²) in [7, 11) is 1.84. The predicted octanol–water partition coefficient (Wildman–Crippen LogP) is 3.69. The molecule has 0 spiro atoms. The molecule has 1 aromatic carbocycles. The average molecular weight is 305 g/mol. The Morgan fingerprint density at radius 2 is 1.95 bits per heavy atom. The Hall–Kier alpha value is -1.61. The molecule has 0 bridgehead atoms. The van der Waals surface area contributed by atoms with Crippen LogP contribution >= 0.6 is 11.6 Å². The van der Waals surface area contributed by atoms with Crippen LogP contribution in [0.1, 0.15) is 35.9 Å². The Kier molecular flexibility index (Phi) is 5.18. The van der Waals surface area contributed by atoms with E-state index >= 15 is 0 Å². The van der Waals surface area contributed by atoms with E-state index in [1.165, 1.54) is 11.1 Å². The topological polar surface area (TPSA) is 34.9 Å². The minimum atomic E-state index is 0.197. The van der Waals surface area contributed by atoms with E-state index in [1.54, 1.807) is 4.68 Å². The van der Waals surface area contributed by atoms with Gasteiger partial charge in [0.2, 0.25) is 0 Å². The van der Waals surface area contributed by atoms with Crippen LogP contribution in [-0.4, -0.2) is 15.6 Å². The van der Waals surface area contributed by atoms with Crippen molar-refractivity contribution in [3.63, 3.8) is 0 Å². The molecule has 1 aromatic heterocycles. The summed E-state index contributed by atoms with van der Waals surface area (Å²) in [4.78, 5) is 12.2. The smallest absolute Gasteiger partial charge is 0.139 e. The first-order valence-corrected chi connectivity index (χ1v) is 7.66. The number of benzene rings is 1. The van der Waals surface area contributed by atoms with Gasteiger partial charge in [-0.05, 0) is 25.3 Å². The fraction of sp³-hybridized carbons (Fsp3) is 0.412. The van der Waals surface area contributed by atoms with E-state index in [0.717, 1.165) is 24.2 Å². The zero-order valence-corrected chi connectivity index (χ0v) is 13.6. The third-order valence-corrected chi connectivity index (χ3v) is 4.12. The summed E-state index contributed by atoms with van der Waals surface area (Å²) in [5, 5.41) is 4.98. The van der Waals surface area contributed by atoms with Gasteiger partial charge in [-0.3, -0.25) is 9.48 Å². The molecule has 0 N–H and O–H groups in total. The molecule has 0 aliphatic carbocycles. The van der Waals surface area contributed by atoms with Crippen LogP contribution < -0.4 is 0 Å². The van der Waals surface area contributed by atoms with Crippen molar-refractivity contribution in [2.45, 2.75) is 39.5 Å². The molecule has 0 amide bonds. The molecule has 3 nitrogen and oxygen atoms in total. The Labute approximate surface area is 130 Å². The van der Waals surface area contributed by atoms with E-state index in [4.69, 9.17) is 11.6 Å². The van der Waals surface area contributed by atoms with Gasteiger partial charge in [0, 0.05) is 19.9 Å². The minimum absolute atomic E-state index is 0.197. The maximum absolute atomic E-state index is 12.2. The number of ketones is 1. The van der Waals surface area contributed by atoms with Crippen molar-refractivity contribution in [2.24, 2.45) is 7.05 Å². The maximum atomic E-state index is 12.2. The largest absolute Gasteiger partial charge is 0.299 e. The number of carbonyl (C=O) groups is 1. The summed E-state index contributed by atoms with van der Waals surface area (Å²) in [6.45, 7) is 4.07. The summed E-state index contributed by atoms with van der Waals surface area (Å²) in [5.74, 6) is 0.197. The van der Waals surface area contributed by atoms with Crippen molar-refractivity contribution in [3.05, 3.63) is 51.8 Å². The lowest BCUT2D eigenvalue weighted by Crippen LogP contribution is -2.08. The van der Waals surface area contributed by atoms with Crippen LogP contribution in [0.25, 0.3) is 0 Å². The molecule has 2 aromatic rings. The highest BCUT2D eigenvalue weighted by molar-refractivity contribution is 6.32. The molecule has 0 aliphatic heterocycles. The normalized spacial score (nSPS) is 10.9. The number of aromatic nitrogens is 2. The minimum Gasteiger partial charge on any atom is -0.299 e. The van der Waals surface area contributed by atoms with Gasteiger partial charge in [-0.15, -0.1) is 0 Å². The fourth-order valence-electron chi connectivity index (χ4n) is 2.33. The molecule has 0 radical (unpaired) electrons. The monoisotopic (exact) mass is 304 g/mol. The summed E-state index contributed by atoms with van der Waals surface area (Å²) in [6, 6.07) is 8.31. The molecule has 112 valence electrons. The summed E-state index contributed by atoms with van der Waals surface area (Å²) >= 11 is 6.27. The van der Waals surface area contributed by atoms with E-state index in [9.17, 15) is 4.79 Å². The summed E-state index contributed by atoms with van der Waals surface area (Å²) < 4.78 is 1.73. The van der Waals surface area contributed by atoms with Crippen molar-refractivity contribution in [2.75, 3.05) is 0 Å². The molecule has 0 unspecified atom stereocenters. The third-order valence-electron chi connectivity index (χ3n) is 3.68. The van der Waals surface area contributed by atoms with E-state index in [-0.39, 0.29) is 5.78 Å². The van der Waals surface area contributed by atoms with Crippen LogP contribution in [0.3, 0.4) is 0 Å². The van der Waals surface area contributed by atoms with E-state index in [1.807, 2.05) is 14.0 Å². The lowest BCUT2D eigenvalue weighted by molar-refractivity contribution is -0.118. The van der Waals surface area contributed by atoms with Gasteiger partial charge in [-0.1, -0.05) is 48.4 Å². The van der Waals surface area contributed by atoms with Crippen molar-refractivity contribution in [3.8, 4) is 0 Å². The Morgan fingerprint density at radius 3 is 2.52 bits per heavy atom. The second-order valence-corrected chi connectivity index (χ2v) is 5.76. The van der Waals surface area contributed by atoms with Crippen molar-refractivity contribution < 1.29 is 4.79 Å². The number of Topliss-reactive ketones (excluding diaryl/α,β-unsaturated/α-hetero) is 1. The first-order chi connectivity index (χ1) is 10.0. The number of aryl methyl sites for hydroxylation is 4. The highest BCUT2D eigenvalue weighted by atomic mass is 35.5. The number of carbonyl (C=O) groups excluding carboxylic acids is 1. The second kappa shape index (κ2) is 6.90. The number of halogens is 1. The third kappa shape index (κ3) is 3.94. The molecule has 1 heterocycles. The van der Waals surface area contributed by atoms with Gasteiger partial charge in [0.1, 0.15) is 5.78 Å². The van der Waals surface area contributed by atoms with Crippen LogP contribution in [-0.2, 0) is 31.1 Å². The standard InChI is InChI=1S/C17H21ClN2O/c1-4-15-17(18)16(20(3)19-15)11-14(21)10-9-13-7-5-12(2)6-8-13/h5-8H,4,9-11H2,1-3H3. The van der Waals surface area contributed by atoms with Crippen molar-refractivity contribution >= 4 is 17.4 Å². The second-order valence-electron chi connectivity index (χ2n) is 5.39. The van der Waals surface area contributed by atoms with Crippen molar-refractivity contribution in [1.82, 2.24) is 9.78 Å². The van der Waals surface area contributed by atoms with E-state index < -0.39 is 0 Å². The number of rotatable bonds is 6. The zero-order chi connectivity index (χ0) is 15.4. The number of hydrogen-bond acceptors (Lipinski definition) is 2. The lowest BCUT2D eigenvalue weighted by Gasteiger charge is -2.04. The molecule has 0 aliphatic rings. The predicted molar refractivity (Wildman–Crippen MR) is 85.8 cm³/mol. The molecule has 4 heteroatoms. The molecule has 21 heavy (non-hydrogen) atoms. The van der Waals surface area contributed by atoms with Crippen LogP contribution in [0.2, 0.25) is 5.02 Å². The quantitative estimate of drug-likeness (QED) is 0.816. The van der Waals surface area contributed by atoms with Gasteiger partial charge >= 0.3 is 0 Å². The fourth-order valence-corrected chi connectivity index (χ4v) is 2.69. The van der Waals surface area contributed by atoms with Crippen LogP contribution in [0.4, 0.5) is 0 Å². The number of hydrogen-bond donors (Lipinski definition) is 0. The average Bonchev–Trinajstić information content (AvgIpc) is 2.74. The van der Waals surface area contributed by atoms with Crippen LogP contribution in [0.15, 0.2) is 24.3 Å². The van der Waals surface area contributed by atoms with Gasteiger partial charge < -0.3 is 0 Å². The lowest BCUT2D eigenvalue weighted by atomic mass is 10.0. The Balaban J connectivity index is 1.96. The Bertz CT molecular complexity index is 629. The molecule has 2 rings (SSSR count). The van der Waals surface area contributed by atoms with Gasteiger partial charge in [0.25, 0.3) is 0 Å². The highest BCUT2D eigenvalue weighted by Crippen LogP contribution is 2.22. The first-order valence-electron chi connectivity index (χ1n) is 7.28. The molecule has 0 atom stereocenters.